The van der Waals surface area contributed by atoms with E-state index < -0.39 is 0 Å². The number of rotatable bonds is 4. The van der Waals surface area contributed by atoms with Crippen molar-refractivity contribution in [3.63, 3.8) is 0 Å². The van der Waals surface area contributed by atoms with E-state index in [-0.39, 0.29) is 5.43 Å². The molecule has 0 bridgehead atoms. The standard InChI is InChI=1S/C16H23NO2S/c1-11(2)12-4-5-13(16(18)15(8-12)19-3)9-17-7-6-14(20)10-17/h4-5,8,11,14,20H,6-7,9-10H2,1-3H3/t14-/m0/s1. The van der Waals surface area contributed by atoms with Gasteiger partial charge in [-0.25, -0.2) is 0 Å². The van der Waals surface area contributed by atoms with Crippen LogP contribution in [0.4, 0.5) is 0 Å². The summed E-state index contributed by atoms with van der Waals surface area (Å²) >= 11 is 4.50. The van der Waals surface area contributed by atoms with Crippen molar-refractivity contribution in [3.05, 3.63) is 39.5 Å². The van der Waals surface area contributed by atoms with E-state index in [0.717, 1.165) is 30.6 Å². The highest BCUT2D eigenvalue weighted by atomic mass is 32.1. The van der Waals surface area contributed by atoms with Crippen molar-refractivity contribution >= 4 is 12.6 Å². The molecule has 1 atom stereocenters. The van der Waals surface area contributed by atoms with E-state index in [9.17, 15) is 4.79 Å². The van der Waals surface area contributed by atoms with Gasteiger partial charge >= 0.3 is 0 Å². The molecule has 0 aliphatic carbocycles. The quantitative estimate of drug-likeness (QED) is 0.866. The fraction of sp³-hybridized carbons (Fsp3) is 0.562. The first-order valence-corrected chi connectivity index (χ1v) is 7.64. The van der Waals surface area contributed by atoms with Crippen LogP contribution in [-0.4, -0.2) is 30.3 Å². The maximum atomic E-state index is 12.5. The Hall–Kier alpha value is -1.00. The Morgan fingerprint density at radius 1 is 1.45 bits per heavy atom. The average molecular weight is 293 g/mol. The number of nitrogens with zero attached hydrogens (tertiary/aromatic N) is 1. The smallest absolute Gasteiger partial charge is 0.224 e. The van der Waals surface area contributed by atoms with Crippen LogP contribution >= 0.6 is 12.6 Å². The summed E-state index contributed by atoms with van der Waals surface area (Å²) in [5, 5.41) is 0.427. The number of likely N-dealkylation sites (tertiary alicyclic amines) is 1. The first-order chi connectivity index (χ1) is 9.51. The lowest BCUT2D eigenvalue weighted by Gasteiger charge is -2.13. The Morgan fingerprint density at radius 3 is 2.75 bits per heavy atom. The molecule has 1 heterocycles. The highest BCUT2D eigenvalue weighted by molar-refractivity contribution is 7.81. The summed E-state index contributed by atoms with van der Waals surface area (Å²) < 4.78 is 5.28. The zero-order valence-corrected chi connectivity index (χ0v) is 13.3. The lowest BCUT2D eigenvalue weighted by atomic mass is 10.1. The number of hydrogen-bond donors (Lipinski definition) is 1. The predicted octanol–water partition coefficient (Wildman–Crippen LogP) is 2.68. The lowest BCUT2D eigenvalue weighted by molar-refractivity contribution is 0.330. The molecule has 0 saturated carbocycles. The van der Waals surface area contributed by atoms with E-state index in [1.807, 2.05) is 18.2 Å². The number of ether oxygens (including phenoxy) is 1. The van der Waals surface area contributed by atoms with Gasteiger partial charge in [0.25, 0.3) is 0 Å². The second kappa shape index (κ2) is 6.64. The van der Waals surface area contributed by atoms with Crippen LogP contribution in [0.5, 0.6) is 5.75 Å². The molecule has 1 aliphatic heterocycles. The van der Waals surface area contributed by atoms with E-state index in [0.29, 0.717) is 23.5 Å². The summed E-state index contributed by atoms with van der Waals surface area (Å²) in [4.78, 5) is 14.8. The Morgan fingerprint density at radius 2 is 2.20 bits per heavy atom. The van der Waals surface area contributed by atoms with Crippen molar-refractivity contribution in [1.82, 2.24) is 4.90 Å². The van der Waals surface area contributed by atoms with Gasteiger partial charge in [-0.05, 0) is 30.5 Å². The minimum Gasteiger partial charge on any atom is -0.493 e. The molecule has 1 aliphatic rings. The summed E-state index contributed by atoms with van der Waals surface area (Å²) in [7, 11) is 1.56. The number of hydrogen-bond acceptors (Lipinski definition) is 4. The molecule has 1 saturated heterocycles. The zero-order chi connectivity index (χ0) is 14.7. The Labute approximate surface area is 126 Å². The van der Waals surface area contributed by atoms with Crippen molar-refractivity contribution in [3.8, 4) is 5.75 Å². The predicted molar refractivity (Wildman–Crippen MR) is 86.0 cm³/mol. The molecule has 3 nitrogen and oxygen atoms in total. The molecule has 1 aromatic rings. The molecule has 2 rings (SSSR count). The maximum absolute atomic E-state index is 12.5. The summed E-state index contributed by atoms with van der Waals surface area (Å²) in [5.41, 5.74) is 1.93. The van der Waals surface area contributed by atoms with Crippen LogP contribution in [-0.2, 0) is 6.54 Å². The molecule has 4 heteroatoms. The SMILES string of the molecule is COc1cc(C(C)C)ccc(CN2CC[C@H](S)C2)c1=O. The molecule has 1 aromatic carbocycles. The van der Waals surface area contributed by atoms with E-state index in [4.69, 9.17) is 4.74 Å². The van der Waals surface area contributed by atoms with Gasteiger partial charge in [0, 0.05) is 23.9 Å². The van der Waals surface area contributed by atoms with E-state index >= 15 is 0 Å². The van der Waals surface area contributed by atoms with Crippen molar-refractivity contribution < 1.29 is 4.74 Å². The molecule has 0 unspecified atom stereocenters. The molecular weight excluding hydrogens is 270 g/mol. The summed E-state index contributed by atoms with van der Waals surface area (Å²) in [6.07, 6.45) is 1.09. The summed E-state index contributed by atoms with van der Waals surface area (Å²) in [6, 6.07) is 5.85. The molecule has 0 spiro atoms. The molecule has 110 valence electrons. The normalized spacial score (nSPS) is 19.6. The van der Waals surface area contributed by atoms with Gasteiger partial charge in [-0.1, -0.05) is 26.0 Å². The maximum Gasteiger partial charge on any atom is 0.224 e. The van der Waals surface area contributed by atoms with Crippen molar-refractivity contribution in [2.24, 2.45) is 0 Å². The molecule has 0 radical (unpaired) electrons. The third-order valence-electron chi connectivity index (χ3n) is 3.82. The average Bonchev–Trinajstić information content (AvgIpc) is 2.74. The minimum absolute atomic E-state index is 0.00187. The Kier molecular flexibility index (Phi) is 5.11. The first kappa shape index (κ1) is 15.4. The number of thiol groups is 1. The monoisotopic (exact) mass is 293 g/mol. The molecule has 20 heavy (non-hydrogen) atoms. The van der Waals surface area contributed by atoms with Crippen LogP contribution in [0.25, 0.3) is 0 Å². The zero-order valence-electron chi connectivity index (χ0n) is 12.4. The van der Waals surface area contributed by atoms with Gasteiger partial charge in [0.15, 0.2) is 5.75 Å². The second-order valence-electron chi connectivity index (χ2n) is 5.73. The van der Waals surface area contributed by atoms with Crippen LogP contribution in [0, 0.1) is 0 Å². The Balaban J connectivity index is 2.33. The molecule has 0 N–H and O–H groups in total. The summed E-state index contributed by atoms with van der Waals surface area (Å²) in [6.45, 7) is 6.86. The van der Waals surface area contributed by atoms with Crippen molar-refractivity contribution in [1.29, 1.82) is 0 Å². The Bertz CT molecular complexity index is 530. The van der Waals surface area contributed by atoms with E-state index in [2.05, 4.69) is 31.4 Å². The van der Waals surface area contributed by atoms with Crippen LogP contribution in [0.1, 0.15) is 37.3 Å². The van der Waals surface area contributed by atoms with Gasteiger partial charge in [-0.3, -0.25) is 9.69 Å². The molecule has 0 aromatic heterocycles. The van der Waals surface area contributed by atoms with Gasteiger partial charge < -0.3 is 4.74 Å². The summed E-state index contributed by atoms with van der Waals surface area (Å²) in [5.74, 6) is 0.812. The second-order valence-corrected chi connectivity index (χ2v) is 6.46. The van der Waals surface area contributed by atoms with Crippen LogP contribution in [0.2, 0.25) is 0 Å². The van der Waals surface area contributed by atoms with Crippen molar-refractivity contribution in [2.45, 2.75) is 38.0 Å². The first-order valence-electron chi connectivity index (χ1n) is 7.12. The van der Waals surface area contributed by atoms with Crippen LogP contribution in [0.3, 0.4) is 0 Å². The van der Waals surface area contributed by atoms with Gasteiger partial charge in [0.1, 0.15) is 0 Å². The molecule has 1 fully saturated rings. The molecular formula is C16H23NO2S. The van der Waals surface area contributed by atoms with E-state index in [1.165, 1.54) is 0 Å². The van der Waals surface area contributed by atoms with Gasteiger partial charge in [-0.2, -0.15) is 12.6 Å². The van der Waals surface area contributed by atoms with Crippen LogP contribution < -0.4 is 10.2 Å². The van der Waals surface area contributed by atoms with Gasteiger partial charge in [-0.15, -0.1) is 0 Å². The lowest BCUT2D eigenvalue weighted by Crippen LogP contribution is -2.23. The highest BCUT2D eigenvalue weighted by Crippen LogP contribution is 2.19. The van der Waals surface area contributed by atoms with Gasteiger partial charge in [0.2, 0.25) is 5.43 Å². The van der Waals surface area contributed by atoms with Crippen molar-refractivity contribution in [2.75, 3.05) is 20.2 Å². The third-order valence-corrected chi connectivity index (χ3v) is 4.24. The van der Waals surface area contributed by atoms with Gasteiger partial charge in [0.05, 0.1) is 7.11 Å². The van der Waals surface area contributed by atoms with Crippen LogP contribution in [0.15, 0.2) is 23.0 Å². The van der Waals surface area contributed by atoms with E-state index in [1.54, 1.807) is 7.11 Å². The minimum atomic E-state index is 0.00187. The third kappa shape index (κ3) is 3.55. The highest BCUT2D eigenvalue weighted by Gasteiger charge is 2.20. The fourth-order valence-electron chi connectivity index (χ4n) is 2.53. The molecule has 0 amide bonds. The number of methoxy groups -OCH3 is 1. The largest absolute Gasteiger partial charge is 0.493 e. The topological polar surface area (TPSA) is 29.5 Å². The fourth-order valence-corrected chi connectivity index (χ4v) is 2.87.